The molecule has 0 bridgehead atoms. The standard InChI is InChI=1S/C17H14ClFN2S/c1-21-16(13-4-6-14(18)7-5-13)10-20-17(21)22-11-12-2-8-15(19)9-3-12/h2-10H,11H2,1H3. The summed E-state index contributed by atoms with van der Waals surface area (Å²) in [6.45, 7) is 0. The second-order valence-electron chi connectivity index (χ2n) is 4.91. The van der Waals surface area contributed by atoms with Crippen molar-refractivity contribution in [3.8, 4) is 11.3 Å². The quantitative estimate of drug-likeness (QED) is 0.613. The molecular formula is C17H14ClFN2S. The van der Waals surface area contributed by atoms with Crippen molar-refractivity contribution in [2.45, 2.75) is 10.9 Å². The van der Waals surface area contributed by atoms with Gasteiger partial charge in [0.05, 0.1) is 11.9 Å². The maximum absolute atomic E-state index is 12.9. The third-order valence-corrected chi connectivity index (χ3v) is 4.73. The molecule has 0 aliphatic carbocycles. The van der Waals surface area contributed by atoms with Gasteiger partial charge in [0, 0.05) is 17.8 Å². The van der Waals surface area contributed by atoms with Crippen molar-refractivity contribution in [1.29, 1.82) is 0 Å². The Labute approximate surface area is 138 Å². The maximum atomic E-state index is 12.9. The van der Waals surface area contributed by atoms with Gasteiger partial charge in [0.25, 0.3) is 0 Å². The fourth-order valence-electron chi connectivity index (χ4n) is 2.14. The molecule has 0 radical (unpaired) electrons. The first-order valence-corrected chi connectivity index (χ1v) is 8.15. The molecule has 0 atom stereocenters. The van der Waals surface area contributed by atoms with Gasteiger partial charge >= 0.3 is 0 Å². The van der Waals surface area contributed by atoms with Crippen molar-refractivity contribution in [3.63, 3.8) is 0 Å². The zero-order valence-electron chi connectivity index (χ0n) is 12.0. The molecule has 2 nitrogen and oxygen atoms in total. The lowest BCUT2D eigenvalue weighted by Gasteiger charge is -2.06. The van der Waals surface area contributed by atoms with Crippen molar-refractivity contribution in [2.24, 2.45) is 7.05 Å². The normalized spacial score (nSPS) is 10.9. The van der Waals surface area contributed by atoms with Crippen LogP contribution in [0.4, 0.5) is 4.39 Å². The van der Waals surface area contributed by atoms with Gasteiger partial charge < -0.3 is 4.57 Å². The van der Waals surface area contributed by atoms with Gasteiger partial charge in [0.15, 0.2) is 5.16 Å². The molecule has 3 aromatic rings. The van der Waals surface area contributed by atoms with Gasteiger partial charge in [-0.1, -0.05) is 47.6 Å². The molecular weight excluding hydrogens is 319 g/mol. The van der Waals surface area contributed by atoms with Crippen LogP contribution in [0.3, 0.4) is 0 Å². The van der Waals surface area contributed by atoms with Crippen LogP contribution in [0.15, 0.2) is 59.9 Å². The van der Waals surface area contributed by atoms with Gasteiger partial charge in [-0.2, -0.15) is 0 Å². The van der Waals surface area contributed by atoms with E-state index >= 15 is 0 Å². The van der Waals surface area contributed by atoms with Gasteiger partial charge in [0.1, 0.15) is 5.82 Å². The fourth-order valence-corrected chi connectivity index (χ4v) is 3.18. The van der Waals surface area contributed by atoms with Crippen LogP contribution >= 0.6 is 23.4 Å². The highest BCUT2D eigenvalue weighted by Gasteiger charge is 2.09. The molecule has 0 aliphatic heterocycles. The Bertz CT molecular complexity index is 766. The monoisotopic (exact) mass is 332 g/mol. The van der Waals surface area contributed by atoms with Crippen molar-refractivity contribution < 1.29 is 4.39 Å². The zero-order chi connectivity index (χ0) is 15.5. The molecule has 0 fully saturated rings. The number of halogens is 2. The van der Waals surface area contributed by atoms with Crippen LogP contribution in [0, 0.1) is 5.82 Å². The fraction of sp³-hybridized carbons (Fsp3) is 0.118. The zero-order valence-corrected chi connectivity index (χ0v) is 13.5. The lowest BCUT2D eigenvalue weighted by molar-refractivity contribution is 0.627. The first-order valence-electron chi connectivity index (χ1n) is 6.78. The third-order valence-electron chi connectivity index (χ3n) is 3.37. The van der Waals surface area contributed by atoms with E-state index in [4.69, 9.17) is 11.6 Å². The van der Waals surface area contributed by atoms with E-state index in [-0.39, 0.29) is 5.82 Å². The minimum atomic E-state index is -0.212. The summed E-state index contributed by atoms with van der Waals surface area (Å²) in [7, 11) is 1.99. The van der Waals surface area contributed by atoms with Crippen LogP contribution in [-0.2, 0) is 12.8 Å². The van der Waals surface area contributed by atoms with Crippen LogP contribution in [0.1, 0.15) is 5.56 Å². The average Bonchev–Trinajstić information content (AvgIpc) is 2.89. The largest absolute Gasteiger partial charge is 0.322 e. The lowest BCUT2D eigenvalue weighted by atomic mass is 10.2. The molecule has 0 aliphatic rings. The van der Waals surface area contributed by atoms with E-state index in [1.54, 1.807) is 23.9 Å². The topological polar surface area (TPSA) is 17.8 Å². The van der Waals surface area contributed by atoms with E-state index in [9.17, 15) is 4.39 Å². The lowest BCUT2D eigenvalue weighted by Crippen LogP contribution is -1.94. The molecule has 2 aromatic carbocycles. The summed E-state index contributed by atoms with van der Waals surface area (Å²) in [5.41, 5.74) is 3.19. The summed E-state index contributed by atoms with van der Waals surface area (Å²) in [6.07, 6.45) is 1.86. The molecule has 0 spiro atoms. The molecule has 0 N–H and O–H groups in total. The second kappa shape index (κ2) is 6.55. The van der Waals surface area contributed by atoms with Gasteiger partial charge in [-0.25, -0.2) is 9.37 Å². The van der Waals surface area contributed by atoms with Crippen molar-refractivity contribution in [1.82, 2.24) is 9.55 Å². The Hall–Kier alpha value is -1.78. The highest BCUT2D eigenvalue weighted by molar-refractivity contribution is 7.98. The van der Waals surface area contributed by atoms with Crippen molar-refractivity contribution in [3.05, 3.63) is 71.1 Å². The molecule has 0 unspecified atom stereocenters. The number of hydrogen-bond donors (Lipinski definition) is 0. The summed E-state index contributed by atoms with van der Waals surface area (Å²) in [5.74, 6) is 0.543. The van der Waals surface area contributed by atoms with Crippen LogP contribution in [0.5, 0.6) is 0 Å². The molecule has 22 heavy (non-hydrogen) atoms. The third kappa shape index (κ3) is 3.34. The second-order valence-corrected chi connectivity index (χ2v) is 6.29. The van der Waals surface area contributed by atoms with E-state index < -0.39 is 0 Å². The number of imidazole rings is 1. The molecule has 1 aromatic heterocycles. The number of benzene rings is 2. The minimum absolute atomic E-state index is 0.212. The predicted octanol–water partition coefficient (Wildman–Crippen LogP) is 5.17. The smallest absolute Gasteiger partial charge is 0.168 e. The van der Waals surface area contributed by atoms with E-state index in [1.165, 1.54) is 12.1 Å². The van der Waals surface area contributed by atoms with Crippen molar-refractivity contribution in [2.75, 3.05) is 0 Å². The number of aromatic nitrogens is 2. The summed E-state index contributed by atoms with van der Waals surface area (Å²) in [4.78, 5) is 4.47. The molecule has 0 amide bonds. The number of hydrogen-bond acceptors (Lipinski definition) is 2. The van der Waals surface area contributed by atoms with Crippen LogP contribution in [0.25, 0.3) is 11.3 Å². The number of nitrogens with zero attached hydrogens (tertiary/aromatic N) is 2. The average molecular weight is 333 g/mol. The molecule has 5 heteroatoms. The Balaban J connectivity index is 1.75. The van der Waals surface area contributed by atoms with Crippen LogP contribution in [-0.4, -0.2) is 9.55 Å². The van der Waals surface area contributed by atoms with E-state index in [1.807, 2.05) is 37.5 Å². The van der Waals surface area contributed by atoms with Crippen LogP contribution in [0.2, 0.25) is 5.02 Å². The minimum Gasteiger partial charge on any atom is -0.322 e. The SMILES string of the molecule is Cn1c(-c2ccc(Cl)cc2)cnc1SCc1ccc(F)cc1. The van der Waals surface area contributed by atoms with Crippen LogP contribution < -0.4 is 0 Å². The molecule has 3 rings (SSSR count). The van der Waals surface area contributed by atoms with Gasteiger partial charge in [-0.05, 0) is 35.4 Å². The summed E-state index contributed by atoms with van der Waals surface area (Å²) < 4.78 is 15.0. The van der Waals surface area contributed by atoms with E-state index in [0.29, 0.717) is 0 Å². The van der Waals surface area contributed by atoms with E-state index in [0.717, 1.165) is 32.8 Å². The predicted molar refractivity (Wildman–Crippen MR) is 89.6 cm³/mol. The first-order chi connectivity index (χ1) is 10.6. The molecule has 112 valence electrons. The highest BCUT2D eigenvalue weighted by Crippen LogP contribution is 2.27. The van der Waals surface area contributed by atoms with Gasteiger partial charge in [-0.15, -0.1) is 0 Å². The number of thioether (sulfide) groups is 1. The summed E-state index contributed by atoms with van der Waals surface area (Å²) >= 11 is 7.55. The molecule has 0 saturated carbocycles. The molecule has 1 heterocycles. The molecule has 0 saturated heterocycles. The number of rotatable bonds is 4. The van der Waals surface area contributed by atoms with Gasteiger partial charge in [0.2, 0.25) is 0 Å². The maximum Gasteiger partial charge on any atom is 0.168 e. The summed E-state index contributed by atoms with van der Waals surface area (Å²) in [6, 6.07) is 14.3. The Morgan fingerprint density at radius 3 is 2.45 bits per heavy atom. The van der Waals surface area contributed by atoms with Gasteiger partial charge in [-0.3, -0.25) is 0 Å². The Kier molecular flexibility index (Phi) is 4.50. The highest BCUT2D eigenvalue weighted by atomic mass is 35.5. The summed E-state index contributed by atoms with van der Waals surface area (Å²) in [5, 5.41) is 1.64. The van der Waals surface area contributed by atoms with E-state index in [2.05, 4.69) is 9.55 Å². The first kappa shape index (κ1) is 15.1. The Morgan fingerprint density at radius 2 is 1.77 bits per heavy atom. The van der Waals surface area contributed by atoms with Crippen molar-refractivity contribution >= 4 is 23.4 Å². The Morgan fingerprint density at radius 1 is 1.09 bits per heavy atom.